The fraction of sp³-hybridized carbons (Fsp3) is 0.350. The number of nitrogens with one attached hydrogen (secondary N) is 1. The Hall–Kier alpha value is -2.32. The summed E-state index contributed by atoms with van der Waals surface area (Å²) in [6.07, 6.45) is -4.16. The van der Waals surface area contributed by atoms with Gasteiger partial charge in [0.1, 0.15) is 6.10 Å². The molecule has 0 aromatic heterocycles. The van der Waals surface area contributed by atoms with E-state index >= 15 is 0 Å². The molecule has 1 aliphatic heterocycles. The molecule has 1 N–H and O–H groups in total. The Morgan fingerprint density at radius 1 is 1.10 bits per heavy atom. The minimum Gasteiger partial charge on any atom is -0.486 e. The number of hydrogen-bond donors (Lipinski definition) is 1. The van der Waals surface area contributed by atoms with Crippen LogP contribution in [0.1, 0.15) is 18.4 Å². The zero-order chi connectivity index (χ0) is 21.7. The summed E-state index contributed by atoms with van der Waals surface area (Å²) in [5.41, 5.74) is 0.744. The van der Waals surface area contributed by atoms with Crippen molar-refractivity contribution < 1.29 is 27.4 Å². The largest absolute Gasteiger partial charge is 0.573 e. The van der Waals surface area contributed by atoms with Crippen molar-refractivity contribution in [1.82, 2.24) is 10.2 Å². The van der Waals surface area contributed by atoms with E-state index in [1.807, 2.05) is 0 Å². The minimum atomic E-state index is -4.80. The topological polar surface area (TPSA) is 50.8 Å². The Morgan fingerprint density at radius 3 is 2.40 bits per heavy atom. The monoisotopic (exact) mass is 462 g/mol. The summed E-state index contributed by atoms with van der Waals surface area (Å²) in [4.78, 5) is 14.0. The molecule has 5 nitrogen and oxygen atoms in total. The van der Waals surface area contributed by atoms with Crippen LogP contribution in [-0.2, 0) is 6.54 Å². The summed E-state index contributed by atoms with van der Waals surface area (Å²) in [5, 5.41) is 3.78. The molecule has 1 saturated heterocycles. The standard InChI is InChI=1S/C20H19Cl2F3N2O3/c21-14-6-5-13(16(22)11-14)12-26-19(28)27-9-7-15(8-10-27)29-17-3-1-2-4-18(17)30-20(23,24)25/h1-6,11,15H,7-10,12H2,(H,26,28). The number of alkyl halides is 3. The fourth-order valence-electron chi connectivity index (χ4n) is 3.06. The van der Waals surface area contributed by atoms with E-state index < -0.39 is 6.36 Å². The Balaban J connectivity index is 1.50. The van der Waals surface area contributed by atoms with Crippen LogP contribution in [0.25, 0.3) is 0 Å². The third-order valence-corrected chi connectivity index (χ3v) is 5.13. The molecule has 2 aromatic rings. The highest BCUT2D eigenvalue weighted by atomic mass is 35.5. The average Bonchev–Trinajstić information content (AvgIpc) is 2.68. The Morgan fingerprint density at radius 2 is 1.77 bits per heavy atom. The van der Waals surface area contributed by atoms with Gasteiger partial charge in [-0.2, -0.15) is 0 Å². The highest BCUT2D eigenvalue weighted by Crippen LogP contribution is 2.33. The number of piperidine rings is 1. The van der Waals surface area contributed by atoms with Crippen molar-refractivity contribution in [2.45, 2.75) is 31.9 Å². The number of carbonyl (C=O) groups is 1. The van der Waals surface area contributed by atoms with Crippen LogP contribution >= 0.6 is 23.2 Å². The second kappa shape index (κ2) is 9.66. The summed E-state index contributed by atoms with van der Waals surface area (Å²) in [6, 6.07) is 10.4. The van der Waals surface area contributed by atoms with Crippen molar-refractivity contribution >= 4 is 29.2 Å². The molecule has 0 atom stereocenters. The highest BCUT2D eigenvalue weighted by molar-refractivity contribution is 6.35. The maximum Gasteiger partial charge on any atom is 0.573 e. The van der Waals surface area contributed by atoms with Gasteiger partial charge in [-0.3, -0.25) is 0 Å². The molecule has 1 heterocycles. The van der Waals surface area contributed by atoms with Crippen molar-refractivity contribution in [1.29, 1.82) is 0 Å². The van der Waals surface area contributed by atoms with E-state index in [-0.39, 0.29) is 30.2 Å². The number of para-hydroxylation sites is 2. The van der Waals surface area contributed by atoms with E-state index in [0.29, 0.717) is 36.0 Å². The van der Waals surface area contributed by atoms with Crippen LogP contribution < -0.4 is 14.8 Å². The first-order chi connectivity index (χ1) is 14.2. The molecule has 0 radical (unpaired) electrons. The molecule has 30 heavy (non-hydrogen) atoms. The summed E-state index contributed by atoms with van der Waals surface area (Å²) in [6.45, 7) is 1.08. The Kier molecular flexibility index (Phi) is 7.20. The number of halogens is 5. The fourth-order valence-corrected chi connectivity index (χ4v) is 3.54. The molecule has 0 aliphatic carbocycles. The molecule has 3 rings (SSSR count). The van der Waals surface area contributed by atoms with Gasteiger partial charge in [0.25, 0.3) is 0 Å². The summed E-state index contributed by atoms with van der Waals surface area (Å²) >= 11 is 12.0. The lowest BCUT2D eigenvalue weighted by atomic mass is 10.1. The van der Waals surface area contributed by atoms with Crippen LogP contribution in [0.3, 0.4) is 0 Å². The zero-order valence-electron chi connectivity index (χ0n) is 15.7. The lowest BCUT2D eigenvalue weighted by Crippen LogP contribution is -2.46. The second-order valence-corrected chi connectivity index (χ2v) is 7.54. The van der Waals surface area contributed by atoms with E-state index in [9.17, 15) is 18.0 Å². The molecule has 0 spiro atoms. The Labute approximate surface area is 181 Å². The van der Waals surface area contributed by atoms with Gasteiger partial charge in [-0.15, -0.1) is 13.2 Å². The molecule has 0 unspecified atom stereocenters. The van der Waals surface area contributed by atoms with Gasteiger partial charge in [0.05, 0.1) is 0 Å². The van der Waals surface area contributed by atoms with Gasteiger partial charge in [0.15, 0.2) is 11.5 Å². The van der Waals surface area contributed by atoms with Gasteiger partial charge >= 0.3 is 12.4 Å². The lowest BCUT2D eigenvalue weighted by Gasteiger charge is -2.32. The molecule has 2 amide bonds. The maximum absolute atomic E-state index is 12.5. The lowest BCUT2D eigenvalue weighted by molar-refractivity contribution is -0.275. The van der Waals surface area contributed by atoms with Crippen LogP contribution in [0.2, 0.25) is 10.0 Å². The van der Waals surface area contributed by atoms with Gasteiger partial charge in [0.2, 0.25) is 0 Å². The zero-order valence-corrected chi connectivity index (χ0v) is 17.2. The molecule has 2 aromatic carbocycles. The summed E-state index contributed by atoms with van der Waals surface area (Å²) in [7, 11) is 0. The summed E-state index contributed by atoms with van der Waals surface area (Å²) < 4.78 is 47.3. The number of urea groups is 1. The Bertz CT molecular complexity index is 888. The summed E-state index contributed by atoms with van der Waals surface area (Å²) in [5.74, 6) is -0.361. The van der Waals surface area contributed by atoms with Crippen molar-refractivity contribution in [2.24, 2.45) is 0 Å². The van der Waals surface area contributed by atoms with Gasteiger partial charge in [0, 0.05) is 42.5 Å². The number of hydrogen-bond acceptors (Lipinski definition) is 3. The van der Waals surface area contributed by atoms with Crippen LogP contribution in [0.15, 0.2) is 42.5 Å². The van der Waals surface area contributed by atoms with Gasteiger partial charge in [-0.25, -0.2) is 4.79 Å². The normalized spacial score (nSPS) is 15.0. The predicted molar refractivity (Wildman–Crippen MR) is 107 cm³/mol. The van der Waals surface area contributed by atoms with Gasteiger partial charge < -0.3 is 19.7 Å². The van der Waals surface area contributed by atoms with E-state index in [1.54, 1.807) is 29.2 Å². The molecule has 1 aliphatic rings. The molecule has 10 heteroatoms. The van der Waals surface area contributed by atoms with Crippen LogP contribution in [0.5, 0.6) is 11.5 Å². The number of rotatable bonds is 5. The van der Waals surface area contributed by atoms with Gasteiger partial charge in [-0.05, 0) is 29.8 Å². The second-order valence-electron chi connectivity index (χ2n) is 6.69. The predicted octanol–water partition coefficient (Wildman–Crippen LogP) is 5.65. The van der Waals surface area contributed by atoms with Crippen molar-refractivity contribution in [3.05, 3.63) is 58.1 Å². The SMILES string of the molecule is O=C(NCc1ccc(Cl)cc1Cl)N1CCC(Oc2ccccc2OC(F)(F)F)CC1. The van der Waals surface area contributed by atoms with Gasteiger partial charge in [-0.1, -0.05) is 41.4 Å². The number of ether oxygens (including phenoxy) is 2. The number of nitrogens with zero attached hydrogens (tertiary/aromatic N) is 1. The van der Waals surface area contributed by atoms with E-state index in [0.717, 1.165) is 5.56 Å². The number of amides is 2. The first-order valence-electron chi connectivity index (χ1n) is 9.19. The number of carbonyl (C=O) groups excluding carboxylic acids is 1. The molecular weight excluding hydrogens is 444 g/mol. The molecular formula is C20H19Cl2F3N2O3. The van der Waals surface area contributed by atoms with E-state index in [4.69, 9.17) is 27.9 Å². The third kappa shape index (κ3) is 6.34. The van der Waals surface area contributed by atoms with Crippen molar-refractivity contribution in [2.75, 3.05) is 13.1 Å². The first-order valence-corrected chi connectivity index (χ1v) is 9.95. The molecule has 0 bridgehead atoms. The molecule has 162 valence electrons. The number of likely N-dealkylation sites (tertiary alicyclic amines) is 1. The molecule has 0 saturated carbocycles. The highest BCUT2D eigenvalue weighted by Gasteiger charge is 2.33. The van der Waals surface area contributed by atoms with Crippen LogP contribution in [-0.4, -0.2) is 36.5 Å². The van der Waals surface area contributed by atoms with Crippen molar-refractivity contribution in [3.8, 4) is 11.5 Å². The molecule has 1 fully saturated rings. The maximum atomic E-state index is 12.5. The van der Waals surface area contributed by atoms with E-state index in [2.05, 4.69) is 10.1 Å². The van der Waals surface area contributed by atoms with Crippen LogP contribution in [0.4, 0.5) is 18.0 Å². The minimum absolute atomic E-state index is 0.0232. The van der Waals surface area contributed by atoms with Crippen molar-refractivity contribution in [3.63, 3.8) is 0 Å². The quantitative estimate of drug-likeness (QED) is 0.624. The first kappa shape index (κ1) is 22.4. The number of benzene rings is 2. The average molecular weight is 463 g/mol. The third-order valence-electron chi connectivity index (χ3n) is 4.54. The van der Waals surface area contributed by atoms with Crippen LogP contribution in [0, 0.1) is 0 Å². The smallest absolute Gasteiger partial charge is 0.486 e. The van der Waals surface area contributed by atoms with E-state index in [1.165, 1.54) is 18.2 Å².